The minimum absolute atomic E-state index is 0.357. The van der Waals surface area contributed by atoms with Gasteiger partial charge in [-0.1, -0.05) is 6.07 Å². The van der Waals surface area contributed by atoms with E-state index in [1.165, 1.54) is 6.33 Å². The first kappa shape index (κ1) is 12.1. The highest BCUT2D eigenvalue weighted by molar-refractivity contribution is 5.94. The third-order valence-corrected chi connectivity index (χ3v) is 2.92. The molecule has 0 saturated heterocycles. The van der Waals surface area contributed by atoms with Crippen LogP contribution in [0.4, 0.5) is 23.0 Å². The normalized spacial score (nSPS) is 10.4. The maximum atomic E-state index is 5.94. The molecule has 100 valence electrons. The molecule has 0 atom stereocenters. The number of hydrogen-bond donors (Lipinski definition) is 4. The zero-order valence-electron chi connectivity index (χ0n) is 10.5. The Morgan fingerprint density at radius 3 is 2.65 bits per heavy atom. The molecule has 0 saturated carbocycles. The highest BCUT2D eigenvalue weighted by atomic mass is 15.3. The largest absolute Gasteiger partial charge is 0.393 e. The molecule has 0 aliphatic carbocycles. The minimum Gasteiger partial charge on any atom is -0.393 e. The molecule has 7 nitrogen and oxygen atoms in total. The number of aromatic nitrogens is 3. The smallest absolute Gasteiger partial charge is 0.168 e. The van der Waals surface area contributed by atoms with Crippen molar-refractivity contribution in [3.8, 4) is 0 Å². The second-order valence-electron chi connectivity index (χ2n) is 4.13. The van der Waals surface area contributed by atoms with Crippen molar-refractivity contribution in [2.75, 3.05) is 16.5 Å². The van der Waals surface area contributed by atoms with Gasteiger partial charge in [0.25, 0.3) is 0 Å². The molecule has 0 fully saturated rings. The van der Waals surface area contributed by atoms with E-state index in [-0.39, 0.29) is 0 Å². The number of fused-ring (bicyclic) bond motifs is 1. The molecule has 20 heavy (non-hydrogen) atoms. The van der Waals surface area contributed by atoms with Gasteiger partial charge in [-0.2, -0.15) is 0 Å². The lowest BCUT2D eigenvalue weighted by molar-refractivity contribution is 1.14. The number of benzene rings is 1. The summed E-state index contributed by atoms with van der Waals surface area (Å²) in [4.78, 5) is 12.4. The van der Waals surface area contributed by atoms with Gasteiger partial charge >= 0.3 is 0 Å². The summed E-state index contributed by atoms with van der Waals surface area (Å²) >= 11 is 0. The molecule has 0 spiro atoms. The van der Waals surface area contributed by atoms with Crippen LogP contribution in [0.1, 0.15) is 0 Å². The summed E-state index contributed by atoms with van der Waals surface area (Å²) in [6, 6.07) is 9.64. The second kappa shape index (κ2) is 4.98. The van der Waals surface area contributed by atoms with Crippen LogP contribution < -0.4 is 22.3 Å². The molecule has 2 heterocycles. The molecule has 0 amide bonds. The van der Waals surface area contributed by atoms with E-state index in [1.54, 1.807) is 6.20 Å². The monoisotopic (exact) mass is 267 g/mol. The fourth-order valence-corrected chi connectivity index (χ4v) is 1.95. The number of pyridine rings is 1. The van der Waals surface area contributed by atoms with Crippen molar-refractivity contribution in [1.29, 1.82) is 0 Å². The van der Waals surface area contributed by atoms with Gasteiger partial charge in [0.2, 0.25) is 0 Å². The van der Waals surface area contributed by atoms with Crippen molar-refractivity contribution in [2.24, 2.45) is 5.84 Å². The highest BCUT2D eigenvalue weighted by Crippen LogP contribution is 2.28. The molecule has 0 unspecified atom stereocenters. The average molecular weight is 267 g/mol. The van der Waals surface area contributed by atoms with Crippen LogP contribution >= 0.6 is 0 Å². The Kier molecular flexibility index (Phi) is 3.02. The third kappa shape index (κ3) is 2.06. The average Bonchev–Trinajstić information content (AvgIpc) is 2.50. The summed E-state index contributed by atoms with van der Waals surface area (Å²) < 4.78 is 0. The fourth-order valence-electron chi connectivity index (χ4n) is 1.95. The van der Waals surface area contributed by atoms with E-state index in [4.69, 9.17) is 11.6 Å². The molecule has 3 rings (SSSR count). The van der Waals surface area contributed by atoms with Crippen molar-refractivity contribution in [3.05, 3.63) is 42.9 Å². The van der Waals surface area contributed by atoms with Gasteiger partial charge in [0, 0.05) is 17.3 Å². The minimum atomic E-state index is 0.357. The van der Waals surface area contributed by atoms with E-state index < -0.39 is 0 Å². The maximum absolute atomic E-state index is 5.94. The first-order chi connectivity index (χ1) is 9.79. The van der Waals surface area contributed by atoms with Crippen molar-refractivity contribution in [2.45, 2.75) is 0 Å². The van der Waals surface area contributed by atoms with E-state index in [1.807, 2.05) is 30.3 Å². The number of anilines is 4. The van der Waals surface area contributed by atoms with Gasteiger partial charge in [-0.3, -0.25) is 4.98 Å². The number of rotatable bonds is 3. The Morgan fingerprint density at radius 2 is 1.80 bits per heavy atom. The Hall–Kier alpha value is -2.93. The lowest BCUT2D eigenvalue weighted by Crippen LogP contribution is -2.12. The Labute approximate surface area is 115 Å². The molecule has 0 radical (unpaired) electrons. The van der Waals surface area contributed by atoms with Gasteiger partial charge in [0.1, 0.15) is 12.0 Å². The van der Waals surface area contributed by atoms with Crippen molar-refractivity contribution in [1.82, 2.24) is 15.0 Å². The van der Waals surface area contributed by atoms with E-state index in [9.17, 15) is 0 Å². The fraction of sp³-hybridized carbons (Fsp3) is 0. The zero-order valence-corrected chi connectivity index (χ0v) is 10.5. The van der Waals surface area contributed by atoms with Crippen LogP contribution in [-0.2, 0) is 0 Å². The number of hydrogen-bond acceptors (Lipinski definition) is 7. The van der Waals surface area contributed by atoms with Crippen molar-refractivity contribution in [3.63, 3.8) is 0 Å². The summed E-state index contributed by atoms with van der Waals surface area (Å²) in [6.07, 6.45) is 3.14. The van der Waals surface area contributed by atoms with Crippen LogP contribution in [0.3, 0.4) is 0 Å². The molecule has 1 aromatic carbocycles. The quantitative estimate of drug-likeness (QED) is 0.421. The lowest BCUT2D eigenvalue weighted by Gasteiger charge is -2.12. The molecule has 0 aliphatic rings. The van der Waals surface area contributed by atoms with Gasteiger partial charge in [0.15, 0.2) is 11.6 Å². The number of nitrogens with two attached hydrogens (primary N) is 2. The van der Waals surface area contributed by atoms with Crippen molar-refractivity contribution < 1.29 is 0 Å². The number of hydrazine groups is 1. The lowest BCUT2D eigenvalue weighted by atomic mass is 10.2. The highest BCUT2D eigenvalue weighted by Gasteiger charge is 2.08. The first-order valence-corrected chi connectivity index (χ1v) is 5.97. The van der Waals surface area contributed by atoms with E-state index in [2.05, 4.69) is 25.7 Å². The van der Waals surface area contributed by atoms with Crippen LogP contribution in [0.2, 0.25) is 0 Å². The van der Waals surface area contributed by atoms with Gasteiger partial charge in [-0.25, -0.2) is 15.8 Å². The molecule has 3 aromatic rings. The molecule has 6 N–H and O–H groups in total. The first-order valence-electron chi connectivity index (χ1n) is 5.97. The van der Waals surface area contributed by atoms with E-state index in [0.717, 1.165) is 16.6 Å². The second-order valence-corrected chi connectivity index (χ2v) is 4.13. The standard InChI is InChI=1S/C13H13N7/c14-11-12(17-7-18-13(11)20-15)19-10-5-1-4-9-8(10)3-2-6-16-9/h1-7H,14-15H2,(H2,17,18,19,20). The van der Waals surface area contributed by atoms with Crippen LogP contribution in [0.5, 0.6) is 0 Å². The summed E-state index contributed by atoms with van der Waals surface area (Å²) in [5.41, 5.74) is 10.5. The maximum Gasteiger partial charge on any atom is 0.168 e. The van der Waals surface area contributed by atoms with Crippen molar-refractivity contribution >= 4 is 33.9 Å². The van der Waals surface area contributed by atoms with Gasteiger partial charge in [-0.15, -0.1) is 0 Å². The zero-order chi connectivity index (χ0) is 13.9. The number of nitrogen functional groups attached to an aromatic ring is 2. The van der Waals surface area contributed by atoms with Gasteiger partial charge < -0.3 is 16.5 Å². The molecule has 0 aliphatic heterocycles. The number of nitrogens with one attached hydrogen (secondary N) is 2. The SMILES string of the molecule is NNc1ncnc(Nc2cccc3ncccc23)c1N. The van der Waals surface area contributed by atoms with E-state index >= 15 is 0 Å². The topological polar surface area (TPSA) is 115 Å². The Balaban J connectivity index is 2.06. The van der Waals surface area contributed by atoms with E-state index in [0.29, 0.717) is 17.3 Å². The molecular formula is C13H13N7. The predicted octanol–water partition coefficient (Wildman–Crippen LogP) is 1.64. The van der Waals surface area contributed by atoms with Crippen LogP contribution in [-0.4, -0.2) is 15.0 Å². The summed E-state index contributed by atoms with van der Waals surface area (Å²) in [5.74, 6) is 6.21. The molecule has 2 aromatic heterocycles. The van der Waals surface area contributed by atoms with Gasteiger partial charge in [-0.05, 0) is 24.3 Å². The summed E-state index contributed by atoms with van der Waals surface area (Å²) in [6.45, 7) is 0. The van der Waals surface area contributed by atoms with Crippen LogP contribution in [0.25, 0.3) is 10.9 Å². The Morgan fingerprint density at radius 1 is 0.950 bits per heavy atom. The molecule has 0 bridgehead atoms. The Bertz CT molecular complexity index is 751. The molecule has 7 heteroatoms. The van der Waals surface area contributed by atoms with Crippen LogP contribution in [0.15, 0.2) is 42.9 Å². The predicted molar refractivity (Wildman–Crippen MR) is 79.3 cm³/mol. The number of nitrogens with zero attached hydrogens (tertiary/aromatic N) is 3. The van der Waals surface area contributed by atoms with Gasteiger partial charge in [0.05, 0.1) is 5.52 Å². The molecular weight excluding hydrogens is 254 g/mol. The summed E-state index contributed by atoms with van der Waals surface area (Å²) in [7, 11) is 0. The summed E-state index contributed by atoms with van der Waals surface area (Å²) in [5, 5.41) is 4.16. The van der Waals surface area contributed by atoms with Crippen LogP contribution in [0, 0.1) is 0 Å². The third-order valence-electron chi connectivity index (χ3n) is 2.92.